The minimum absolute atomic E-state index is 0.377. The summed E-state index contributed by atoms with van der Waals surface area (Å²) in [6.45, 7) is 1.22. The number of phenols is 1. The normalized spacial score (nSPS) is 30.0. The summed E-state index contributed by atoms with van der Waals surface area (Å²) in [6.07, 6.45) is 3.39. The first-order valence-electron chi connectivity index (χ1n) is 10.0. The van der Waals surface area contributed by atoms with Gasteiger partial charge in [-0.3, -0.25) is 0 Å². The second kappa shape index (κ2) is 8.30. The molecule has 0 aromatic heterocycles. The van der Waals surface area contributed by atoms with Crippen LogP contribution in [0.4, 0.5) is 0 Å². The van der Waals surface area contributed by atoms with Crippen LogP contribution in [0.15, 0.2) is 18.2 Å². The molecule has 1 aromatic rings. The van der Waals surface area contributed by atoms with E-state index >= 15 is 0 Å². The maximum atomic E-state index is 9.91. The Morgan fingerprint density at radius 1 is 1.10 bits per heavy atom. The third-order valence-corrected chi connectivity index (χ3v) is 6.90. The summed E-state index contributed by atoms with van der Waals surface area (Å²) in [7, 11) is 2.30. The lowest BCUT2D eigenvalue weighted by Gasteiger charge is -2.58. The number of benzene rings is 1. The Balaban J connectivity index is 0.000000207. The Labute approximate surface area is 169 Å². The van der Waals surface area contributed by atoms with Crippen molar-refractivity contribution in [3.8, 4) is 5.75 Å². The first kappa shape index (κ1) is 21.5. The smallest absolute Gasteiger partial charge is 0.335 e. The van der Waals surface area contributed by atoms with Gasteiger partial charge in [0.2, 0.25) is 0 Å². The Hall–Kier alpha value is -2.16. The second-order valence-corrected chi connectivity index (χ2v) is 8.42. The standard InChI is InChI=1S/C17H23NO.C4H6O6/c1-18-9-8-17-7-3-2-4-14(17)16(18)10-12-5-6-13(19)11-15(12)17;5-1(3(7)8)2(6)4(9)10/h5-6,11,14,16,19H,2-4,7-10H2,1H3;1-2,5-6H,(H,7,8)(H,9,10)/t14-,16-,17+;1-,2-/m00/s1. The van der Waals surface area contributed by atoms with Crippen LogP contribution >= 0.6 is 0 Å². The van der Waals surface area contributed by atoms with E-state index in [1.165, 1.54) is 56.2 Å². The number of phenolic OH excluding ortho intramolecular Hbond substituents is 1. The molecule has 4 rings (SSSR count). The van der Waals surface area contributed by atoms with Crippen molar-refractivity contribution in [2.75, 3.05) is 13.6 Å². The topological polar surface area (TPSA) is 139 Å². The molecule has 5 atom stereocenters. The van der Waals surface area contributed by atoms with Gasteiger partial charge in [-0.1, -0.05) is 18.9 Å². The largest absolute Gasteiger partial charge is 0.508 e. The molecule has 0 amide bonds. The van der Waals surface area contributed by atoms with Gasteiger partial charge in [-0.2, -0.15) is 0 Å². The summed E-state index contributed by atoms with van der Waals surface area (Å²) in [4.78, 5) is 22.1. The number of aliphatic hydroxyl groups is 2. The van der Waals surface area contributed by atoms with Crippen LogP contribution in [0.25, 0.3) is 0 Å². The summed E-state index contributed by atoms with van der Waals surface area (Å²) < 4.78 is 0. The third kappa shape index (κ3) is 3.97. The SMILES string of the molecule is CN1CC[C@]23CCCC[C@H]2[C@@H]1Cc1ccc(O)cc13.O=C(O)[C@@H](O)[C@H](O)C(=O)O. The molecule has 1 heterocycles. The van der Waals surface area contributed by atoms with Gasteiger partial charge in [0.25, 0.3) is 0 Å². The number of carboxylic acid groups (broad SMARTS) is 2. The molecular weight excluding hydrogens is 378 g/mol. The van der Waals surface area contributed by atoms with Gasteiger partial charge >= 0.3 is 11.9 Å². The lowest BCUT2D eigenvalue weighted by atomic mass is 9.52. The number of aliphatic hydroxyl groups excluding tert-OH is 2. The zero-order chi connectivity index (χ0) is 21.3. The van der Waals surface area contributed by atoms with E-state index in [0.717, 1.165) is 12.0 Å². The minimum Gasteiger partial charge on any atom is -0.508 e. The number of aromatic hydroxyl groups is 1. The fourth-order valence-corrected chi connectivity index (χ4v) is 5.45. The Morgan fingerprint density at radius 3 is 2.38 bits per heavy atom. The van der Waals surface area contributed by atoms with E-state index in [9.17, 15) is 14.7 Å². The molecule has 0 unspecified atom stereocenters. The quantitative estimate of drug-likeness (QED) is 0.499. The number of hydrogen-bond donors (Lipinski definition) is 5. The number of rotatable bonds is 3. The van der Waals surface area contributed by atoms with Crippen molar-refractivity contribution in [1.29, 1.82) is 0 Å². The Kier molecular flexibility index (Phi) is 6.16. The number of nitrogens with zero attached hydrogens (tertiary/aromatic N) is 1. The van der Waals surface area contributed by atoms with E-state index in [4.69, 9.17) is 20.4 Å². The maximum absolute atomic E-state index is 9.91. The zero-order valence-corrected chi connectivity index (χ0v) is 16.5. The van der Waals surface area contributed by atoms with Crippen LogP contribution in [0.2, 0.25) is 0 Å². The van der Waals surface area contributed by atoms with Crippen molar-refractivity contribution in [3.63, 3.8) is 0 Å². The van der Waals surface area contributed by atoms with Gasteiger partial charge in [0.05, 0.1) is 0 Å². The first-order valence-corrected chi connectivity index (χ1v) is 10.0. The van der Waals surface area contributed by atoms with E-state index in [2.05, 4.69) is 24.1 Å². The van der Waals surface area contributed by atoms with Gasteiger partial charge in [0.1, 0.15) is 5.75 Å². The van der Waals surface area contributed by atoms with Gasteiger partial charge < -0.3 is 30.4 Å². The molecule has 29 heavy (non-hydrogen) atoms. The highest BCUT2D eigenvalue weighted by atomic mass is 16.4. The van der Waals surface area contributed by atoms with Crippen LogP contribution in [0, 0.1) is 5.92 Å². The third-order valence-electron chi connectivity index (χ3n) is 6.90. The van der Waals surface area contributed by atoms with Crippen molar-refractivity contribution in [2.45, 2.75) is 62.2 Å². The second-order valence-electron chi connectivity index (χ2n) is 8.42. The molecule has 1 saturated carbocycles. The van der Waals surface area contributed by atoms with Crippen molar-refractivity contribution < 1.29 is 35.1 Å². The first-order chi connectivity index (χ1) is 13.7. The molecule has 0 spiro atoms. The Bertz CT molecular complexity index is 764. The zero-order valence-electron chi connectivity index (χ0n) is 16.5. The van der Waals surface area contributed by atoms with Gasteiger partial charge in [-0.05, 0) is 68.5 Å². The summed E-state index contributed by atoms with van der Waals surface area (Å²) in [5.74, 6) is -2.27. The molecule has 2 bridgehead atoms. The van der Waals surface area contributed by atoms with Gasteiger partial charge in [-0.25, -0.2) is 9.59 Å². The molecule has 8 heteroatoms. The van der Waals surface area contributed by atoms with Crippen LogP contribution in [-0.4, -0.2) is 74.2 Å². The predicted octanol–water partition coefficient (Wildman–Crippen LogP) is 0.958. The number of hydrogen-bond acceptors (Lipinski definition) is 6. The number of likely N-dealkylation sites (N-methyl/N-ethyl adjacent to an activating group) is 1. The lowest BCUT2D eigenvalue weighted by molar-refractivity contribution is -0.165. The van der Waals surface area contributed by atoms with Crippen LogP contribution in [0.5, 0.6) is 5.75 Å². The number of piperidine rings is 1. The van der Waals surface area contributed by atoms with E-state index in [-0.39, 0.29) is 0 Å². The van der Waals surface area contributed by atoms with E-state index < -0.39 is 24.1 Å². The molecule has 160 valence electrons. The van der Waals surface area contributed by atoms with Gasteiger partial charge in [0, 0.05) is 11.5 Å². The summed E-state index contributed by atoms with van der Waals surface area (Å²) in [6, 6.07) is 6.85. The monoisotopic (exact) mass is 407 g/mol. The van der Waals surface area contributed by atoms with Crippen LogP contribution in [0.1, 0.15) is 43.2 Å². The molecule has 1 saturated heterocycles. The Morgan fingerprint density at radius 2 is 1.76 bits per heavy atom. The van der Waals surface area contributed by atoms with Crippen LogP contribution in [-0.2, 0) is 21.4 Å². The van der Waals surface area contributed by atoms with Crippen LogP contribution in [0.3, 0.4) is 0 Å². The van der Waals surface area contributed by atoms with Crippen LogP contribution < -0.4 is 0 Å². The number of likely N-dealkylation sites (tertiary alicyclic amines) is 1. The van der Waals surface area contributed by atoms with Crippen molar-refractivity contribution in [1.82, 2.24) is 4.90 Å². The summed E-state index contributed by atoms with van der Waals surface area (Å²) in [5, 5.41) is 42.4. The molecule has 2 fully saturated rings. The molecule has 5 N–H and O–H groups in total. The van der Waals surface area contributed by atoms with Crippen molar-refractivity contribution in [2.24, 2.45) is 5.92 Å². The highest BCUT2D eigenvalue weighted by Crippen LogP contribution is 2.55. The fraction of sp³-hybridized carbons (Fsp3) is 0.619. The average Bonchev–Trinajstić information content (AvgIpc) is 2.70. The van der Waals surface area contributed by atoms with Gasteiger partial charge in [-0.15, -0.1) is 0 Å². The molecule has 1 aromatic carbocycles. The molecule has 0 radical (unpaired) electrons. The summed E-state index contributed by atoms with van der Waals surface area (Å²) in [5.41, 5.74) is 3.36. The minimum atomic E-state index is -2.27. The number of aliphatic carboxylic acids is 2. The fourth-order valence-electron chi connectivity index (χ4n) is 5.45. The number of fused-ring (bicyclic) bond motifs is 1. The predicted molar refractivity (Wildman–Crippen MR) is 104 cm³/mol. The van der Waals surface area contributed by atoms with Gasteiger partial charge in [0.15, 0.2) is 12.2 Å². The lowest BCUT2D eigenvalue weighted by Crippen LogP contribution is -2.59. The molecule has 1 aliphatic heterocycles. The highest BCUT2D eigenvalue weighted by molar-refractivity contribution is 5.83. The number of carboxylic acids is 2. The average molecular weight is 407 g/mol. The van der Waals surface area contributed by atoms with Crippen molar-refractivity contribution in [3.05, 3.63) is 29.3 Å². The molecule has 3 aliphatic rings. The maximum Gasteiger partial charge on any atom is 0.335 e. The molecule has 8 nitrogen and oxygen atoms in total. The summed E-state index contributed by atoms with van der Waals surface area (Å²) >= 11 is 0. The van der Waals surface area contributed by atoms with E-state index in [1.807, 2.05) is 6.07 Å². The van der Waals surface area contributed by atoms with E-state index in [1.54, 1.807) is 0 Å². The van der Waals surface area contributed by atoms with E-state index in [0.29, 0.717) is 11.2 Å². The van der Waals surface area contributed by atoms with Crippen molar-refractivity contribution >= 4 is 11.9 Å². The molecule has 2 aliphatic carbocycles. The highest BCUT2D eigenvalue weighted by Gasteiger charge is 2.53. The molecular formula is C21H29NO7. The number of carbonyl (C=O) groups is 2.